The third-order valence-electron chi connectivity index (χ3n) is 5.55. The average molecular weight is 391 g/mol. The van der Waals surface area contributed by atoms with Crippen LogP contribution in [-0.2, 0) is 24.1 Å². The zero-order valence-electron chi connectivity index (χ0n) is 16.7. The van der Waals surface area contributed by atoms with E-state index in [1.54, 1.807) is 0 Å². The number of aromatic amines is 1. The molecule has 4 rings (SSSR count). The van der Waals surface area contributed by atoms with Gasteiger partial charge in [-0.2, -0.15) is 0 Å². The number of benzene rings is 2. The fourth-order valence-corrected chi connectivity index (χ4v) is 3.96. The highest BCUT2D eigenvalue weighted by atomic mass is 16.5. The van der Waals surface area contributed by atoms with Crippen molar-refractivity contribution in [2.24, 2.45) is 5.92 Å². The van der Waals surface area contributed by atoms with E-state index in [4.69, 9.17) is 0 Å². The van der Waals surface area contributed by atoms with E-state index in [0.29, 0.717) is 23.7 Å². The fourth-order valence-electron chi connectivity index (χ4n) is 3.96. The summed E-state index contributed by atoms with van der Waals surface area (Å²) in [5.74, 6) is 0.536. The van der Waals surface area contributed by atoms with Gasteiger partial charge in [0.05, 0.1) is 18.2 Å². The standard InChI is InChI=1S/C23H25N3O3/c1-14-6-11-20-19(12-14)17-4-3-5-18(21(17)26-20)22(27)25-16-9-7-15(8-10-16)13-24-23(28)29-2/h3-5,7-10,14,26H,6,11-13H2,1-2H3,(H,24,28)(H,25,27). The maximum absolute atomic E-state index is 12.9. The third kappa shape index (κ3) is 3.97. The van der Waals surface area contributed by atoms with Gasteiger partial charge in [0.1, 0.15) is 0 Å². The maximum Gasteiger partial charge on any atom is 0.407 e. The zero-order valence-corrected chi connectivity index (χ0v) is 16.7. The summed E-state index contributed by atoms with van der Waals surface area (Å²) < 4.78 is 4.56. The van der Waals surface area contributed by atoms with Crippen molar-refractivity contribution in [3.63, 3.8) is 0 Å². The van der Waals surface area contributed by atoms with Gasteiger partial charge in [-0.3, -0.25) is 4.79 Å². The molecule has 29 heavy (non-hydrogen) atoms. The van der Waals surface area contributed by atoms with Crippen LogP contribution in [0.1, 0.15) is 40.5 Å². The molecule has 3 aromatic rings. The van der Waals surface area contributed by atoms with Crippen molar-refractivity contribution in [1.29, 1.82) is 0 Å². The molecule has 0 aliphatic heterocycles. The second-order valence-electron chi connectivity index (χ2n) is 7.65. The monoisotopic (exact) mass is 391 g/mol. The molecule has 1 aromatic heterocycles. The number of methoxy groups -OCH3 is 1. The van der Waals surface area contributed by atoms with Crippen LogP contribution in [0.15, 0.2) is 42.5 Å². The highest BCUT2D eigenvalue weighted by Gasteiger charge is 2.22. The van der Waals surface area contributed by atoms with Crippen LogP contribution in [-0.4, -0.2) is 24.1 Å². The van der Waals surface area contributed by atoms with Crippen molar-refractivity contribution in [3.8, 4) is 0 Å². The van der Waals surface area contributed by atoms with E-state index in [9.17, 15) is 9.59 Å². The van der Waals surface area contributed by atoms with E-state index in [2.05, 4.69) is 33.3 Å². The lowest BCUT2D eigenvalue weighted by atomic mass is 9.87. The molecule has 1 unspecified atom stereocenters. The molecule has 150 valence electrons. The largest absolute Gasteiger partial charge is 0.453 e. The van der Waals surface area contributed by atoms with Gasteiger partial charge in [-0.1, -0.05) is 31.2 Å². The summed E-state index contributed by atoms with van der Waals surface area (Å²) in [5.41, 5.74) is 5.82. The highest BCUT2D eigenvalue weighted by molar-refractivity contribution is 6.12. The Morgan fingerprint density at radius 2 is 1.97 bits per heavy atom. The molecule has 2 aromatic carbocycles. The third-order valence-corrected chi connectivity index (χ3v) is 5.55. The van der Waals surface area contributed by atoms with Crippen LogP contribution in [0.25, 0.3) is 10.9 Å². The molecule has 0 bridgehead atoms. The Bertz CT molecular complexity index is 1050. The lowest BCUT2D eigenvalue weighted by molar-refractivity contribution is 0.102. The molecular weight excluding hydrogens is 366 g/mol. The Morgan fingerprint density at radius 1 is 1.17 bits per heavy atom. The Hall–Kier alpha value is -3.28. The maximum atomic E-state index is 12.9. The van der Waals surface area contributed by atoms with E-state index in [1.165, 1.54) is 24.8 Å². The molecule has 0 saturated carbocycles. The predicted octanol–water partition coefficient (Wildman–Crippen LogP) is 4.40. The number of amides is 2. The van der Waals surface area contributed by atoms with Gasteiger partial charge in [-0.15, -0.1) is 0 Å². The summed E-state index contributed by atoms with van der Waals surface area (Å²) in [7, 11) is 1.33. The van der Waals surface area contributed by atoms with Crippen molar-refractivity contribution >= 4 is 28.6 Å². The normalized spacial score (nSPS) is 15.6. The van der Waals surface area contributed by atoms with Gasteiger partial charge in [0.15, 0.2) is 0 Å². The number of ether oxygens (including phenoxy) is 1. The van der Waals surface area contributed by atoms with Crippen LogP contribution in [0.5, 0.6) is 0 Å². The van der Waals surface area contributed by atoms with Crippen LogP contribution in [0, 0.1) is 5.92 Å². The van der Waals surface area contributed by atoms with E-state index >= 15 is 0 Å². The minimum absolute atomic E-state index is 0.136. The fraction of sp³-hybridized carbons (Fsp3) is 0.304. The summed E-state index contributed by atoms with van der Waals surface area (Å²) in [6.07, 6.45) is 2.80. The molecule has 3 N–H and O–H groups in total. The van der Waals surface area contributed by atoms with Gasteiger partial charge in [-0.05, 0) is 54.5 Å². The quantitative estimate of drug-likeness (QED) is 0.616. The first-order chi connectivity index (χ1) is 14.0. The van der Waals surface area contributed by atoms with Gasteiger partial charge in [-0.25, -0.2) is 4.79 Å². The number of alkyl carbamates (subject to hydrolysis) is 1. The number of aromatic nitrogens is 1. The molecule has 0 saturated heterocycles. The molecule has 1 heterocycles. The molecule has 6 nitrogen and oxygen atoms in total. The molecule has 0 fully saturated rings. The summed E-state index contributed by atoms with van der Waals surface area (Å²) in [5, 5.41) is 6.76. The number of aryl methyl sites for hydroxylation is 1. The summed E-state index contributed by atoms with van der Waals surface area (Å²) in [6, 6.07) is 13.3. The highest BCUT2D eigenvalue weighted by Crippen LogP contribution is 2.33. The number of anilines is 1. The minimum atomic E-state index is -0.474. The van der Waals surface area contributed by atoms with Crippen LogP contribution >= 0.6 is 0 Å². The SMILES string of the molecule is COC(=O)NCc1ccc(NC(=O)c2cccc3c4c([nH]c23)CCC(C)C4)cc1. The van der Waals surface area contributed by atoms with Crippen LogP contribution in [0.4, 0.5) is 10.5 Å². The molecule has 1 atom stereocenters. The van der Waals surface area contributed by atoms with Crippen molar-refractivity contribution in [3.05, 3.63) is 64.8 Å². The van der Waals surface area contributed by atoms with Crippen LogP contribution in [0.2, 0.25) is 0 Å². The number of fused-ring (bicyclic) bond motifs is 3. The van der Waals surface area contributed by atoms with Crippen molar-refractivity contribution < 1.29 is 14.3 Å². The Morgan fingerprint density at radius 3 is 2.72 bits per heavy atom. The molecule has 0 radical (unpaired) electrons. The van der Waals surface area contributed by atoms with Crippen molar-refractivity contribution in [2.45, 2.75) is 32.7 Å². The van der Waals surface area contributed by atoms with Crippen molar-refractivity contribution in [1.82, 2.24) is 10.3 Å². The van der Waals surface area contributed by atoms with Gasteiger partial charge in [0, 0.05) is 23.3 Å². The smallest absolute Gasteiger partial charge is 0.407 e. The summed E-state index contributed by atoms with van der Waals surface area (Å²) in [6.45, 7) is 2.65. The molecular formula is C23H25N3O3. The number of carbonyl (C=O) groups excluding carboxylic acids is 2. The first kappa shape index (κ1) is 19.1. The average Bonchev–Trinajstić information content (AvgIpc) is 3.10. The summed E-state index contributed by atoms with van der Waals surface area (Å²) >= 11 is 0. The first-order valence-corrected chi connectivity index (χ1v) is 9.89. The van der Waals surface area contributed by atoms with E-state index < -0.39 is 6.09 Å². The van der Waals surface area contributed by atoms with E-state index in [0.717, 1.165) is 29.3 Å². The lowest BCUT2D eigenvalue weighted by Crippen LogP contribution is -2.22. The van der Waals surface area contributed by atoms with Crippen LogP contribution in [0.3, 0.4) is 0 Å². The molecule has 1 aliphatic rings. The van der Waals surface area contributed by atoms with Gasteiger partial charge in [0.2, 0.25) is 0 Å². The number of hydrogen-bond acceptors (Lipinski definition) is 3. The molecule has 6 heteroatoms. The lowest BCUT2D eigenvalue weighted by Gasteiger charge is -2.17. The Kier molecular flexibility index (Phi) is 5.25. The number of para-hydroxylation sites is 1. The second kappa shape index (κ2) is 7.99. The molecule has 1 aliphatic carbocycles. The van der Waals surface area contributed by atoms with Gasteiger partial charge in [0.25, 0.3) is 5.91 Å². The molecule has 0 spiro atoms. The van der Waals surface area contributed by atoms with Gasteiger partial charge >= 0.3 is 6.09 Å². The summed E-state index contributed by atoms with van der Waals surface area (Å²) in [4.78, 5) is 27.6. The number of rotatable bonds is 4. The van der Waals surface area contributed by atoms with Crippen molar-refractivity contribution in [2.75, 3.05) is 12.4 Å². The Labute approximate surface area is 169 Å². The predicted molar refractivity (Wildman–Crippen MR) is 113 cm³/mol. The van der Waals surface area contributed by atoms with Crippen LogP contribution < -0.4 is 10.6 Å². The molecule has 2 amide bonds. The van der Waals surface area contributed by atoms with Gasteiger partial charge < -0.3 is 20.4 Å². The number of nitrogens with one attached hydrogen (secondary N) is 3. The van der Waals surface area contributed by atoms with E-state index in [-0.39, 0.29) is 5.91 Å². The number of H-pyrrole nitrogens is 1. The number of carbonyl (C=O) groups is 2. The van der Waals surface area contributed by atoms with E-state index in [1.807, 2.05) is 36.4 Å². The number of hydrogen-bond donors (Lipinski definition) is 3. The zero-order chi connectivity index (χ0) is 20.4. The topological polar surface area (TPSA) is 83.2 Å². The minimum Gasteiger partial charge on any atom is -0.453 e. The first-order valence-electron chi connectivity index (χ1n) is 9.89. The Balaban J connectivity index is 1.51. The second-order valence-corrected chi connectivity index (χ2v) is 7.65.